The molecule has 1 atom stereocenters. The van der Waals surface area contributed by atoms with Gasteiger partial charge in [0.05, 0.1) is 15.7 Å². The molecule has 0 saturated heterocycles. The van der Waals surface area contributed by atoms with E-state index in [1.165, 1.54) is 11.3 Å². The number of aliphatic hydroxyl groups is 1. The minimum absolute atomic E-state index is 0.677. The Labute approximate surface area is 120 Å². The molecule has 2 aromatic heterocycles. The van der Waals surface area contributed by atoms with Gasteiger partial charge in [0, 0.05) is 15.9 Å². The third kappa shape index (κ3) is 2.78. The van der Waals surface area contributed by atoms with Gasteiger partial charge in [0.2, 0.25) is 0 Å². The smallest absolute Gasteiger partial charge is 0.131 e. The normalized spacial score (nSPS) is 12.9. The second-order valence-electron chi connectivity index (χ2n) is 3.55. The zero-order valence-electron chi connectivity index (χ0n) is 9.10. The highest BCUT2D eigenvalue weighted by atomic mass is 79.9. The number of rotatable bonds is 4. The van der Waals surface area contributed by atoms with Crippen molar-refractivity contribution >= 4 is 43.2 Å². The van der Waals surface area contributed by atoms with Crippen LogP contribution in [0, 0.1) is 0 Å². The Bertz CT molecular complexity index is 492. The van der Waals surface area contributed by atoms with Gasteiger partial charge in [-0.15, -0.1) is 16.4 Å². The van der Waals surface area contributed by atoms with Gasteiger partial charge in [-0.3, -0.25) is 0 Å². The lowest BCUT2D eigenvalue weighted by Gasteiger charge is -2.09. The fourth-order valence-corrected chi connectivity index (χ4v) is 3.60. The number of aromatic nitrogens is 3. The molecular formula is C10H11Br2N3OS. The van der Waals surface area contributed by atoms with E-state index in [1.807, 2.05) is 6.07 Å². The molecule has 1 N–H and O–H groups in total. The molecule has 0 aliphatic carbocycles. The molecule has 0 radical (unpaired) electrons. The number of hydrogen-bond acceptors (Lipinski definition) is 4. The Hall–Kier alpha value is -0.240. The molecule has 2 rings (SSSR count). The fraction of sp³-hybridized carbons (Fsp3) is 0.400. The van der Waals surface area contributed by atoms with Crippen LogP contribution in [-0.2, 0) is 6.54 Å². The lowest BCUT2D eigenvalue weighted by atomic mass is 10.2. The molecule has 0 spiro atoms. The van der Waals surface area contributed by atoms with E-state index in [4.69, 9.17) is 0 Å². The highest BCUT2D eigenvalue weighted by molar-refractivity contribution is 9.13. The quantitative estimate of drug-likeness (QED) is 0.884. The Balaban J connectivity index is 2.29. The van der Waals surface area contributed by atoms with Crippen LogP contribution in [0.4, 0.5) is 0 Å². The lowest BCUT2D eigenvalue weighted by molar-refractivity contribution is 0.211. The number of nitrogens with zero attached hydrogens (tertiary/aromatic N) is 3. The molecule has 92 valence electrons. The van der Waals surface area contributed by atoms with Gasteiger partial charge in [0.25, 0.3) is 0 Å². The first-order valence-electron chi connectivity index (χ1n) is 5.14. The summed E-state index contributed by atoms with van der Waals surface area (Å²) < 4.78 is 3.67. The van der Waals surface area contributed by atoms with Gasteiger partial charge in [-0.2, -0.15) is 0 Å². The molecule has 0 aromatic carbocycles. The molecule has 0 saturated carbocycles. The lowest BCUT2D eigenvalue weighted by Crippen LogP contribution is -2.09. The van der Waals surface area contributed by atoms with Gasteiger partial charge in [-0.25, -0.2) is 4.68 Å². The molecule has 7 heteroatoms. The van der Waals surface area contributed by atoms with Crippen molar-refractivity contribution in [2.75, 3.05) is 0 Å². The van der Waals surface area contributed by atoms with Crippen molar-refractivity contribution in [1.29, 1.82) is 0 Å². The van der Waals surface area contributed by atoms with Crippen molar-refractivity contribution in [2.24, 2.45) is 0 Å². The highest BCUT2D eigenvalue weighted by Crippen LogP contribution is 2.37. The van der Waals surface area contributed by atoms with E-state index in [9.17, 15) is 5.11 Å². The van der Waals surface area contributed by atoms with Crippen LogP contribution >= 0.6 is 43.2 Å². The van der Waals surface area contributed by atoms with Crippen LogP contribution in [0.2, 0.25) is 0 Å². The standard InChI is InChI=1S/C10H11Br2N3OS/c1-2-3-15-7(5-13-14-15)9(16)8-4-6(11)10(12)17-8/h4-5,9,16H,2-3H2,1H3. The van der Waals surface area contributed by atoms with Gasteiger partial charge < -0.3 is 5.11 Å². The Morgan fingerprint density at radius 1 is 1.53 bits per heavy atom. The molecule has 4 nitrogen and oxygen atoms in total. The largest absolute Gasteiger partial charge is 0.381 e. The van der Waals surface area contributed by atoms with Crippen molar-refractivity contribution < 1.29 is 5.11 Å². The third-order valence-corrected chi connectivity index (χ3v) is 5.61. The number of hydrogen-bond donors (Lipinski definition) is 1. The second-order valence-corrected chi connectivity index (χ2v) is 6.81. The van der Waals surface area contributed by atoms with Crippen molar-refractivity contribution in [3.63, 3.8) is 0 Å². The zero-order valence-corrected chi connectivity index (χ0v) is 13.1. The number of halogens is 2. The first-order chi connectivity index (χ1) is 8.13. The molecule has 0 fully saturated rings. The Kier molecular flexibility index (Phi) is 4.35. The molecule has 17 heavy (non-hydrogen) atoms. The maximum Gasteiger partial charge on any atom is 0.131 e. The van der Waals surface area contributed by atoms with E-state index < -0.39 is 6.10 Å². The molecular weight excluding hydrogens is 370 g/mol. The van der Waals surface area contributed by atoms with Crippen molar-refractivity contribution in [3.8, 4) is 0 Å². The van der Waals surface area contributed by atoms with Gasteiger partial charge in [0.15, 0.2) is 0 Å². The second kappa shape index (κ2) is 5.60. The molecule has 2 aromatic rings. The summed E-state index contributed by atoms with van der Waals surface area (Å²) in [6, 6.07) is 1.91. The van der Waals surface area contributed by atoms with E-state index in [-0.39, 0.29) is 0 Å². The minimum atomic E-state index is -0.677. The summed E-state index contributed by atoms with van der Waals surface area (Å²) in [7, 11) is 0. The molecule has 0 aliphatic rings. The van der Waals surface area contributed by atoms with E-state index in [1.54, 1.807) is 10.9 Å². The third-order valence-electron chi connectivity index (χ3n) is 2.30. The summed E-state index contributed by atoms with van der Waals surface area (Å²) in [5.74, 6) is 0. The minimum Gasteiger partial charge on any atom is -0.381 e. The zero-order chi connectivity index (χ0) is 12.4. The molecule has 0 amide bonds. The number of aryl methyl sites for hydroxylation is 1. The van der Waals surface area contributed by atoms with Crippen LogP contribution in [0.1, 0.15) is 30.0 Å². The van der Waals surface area contributed by atoms with Crippen molar-refractivity contribution in [1.82, 2.24) is 15.0 Å². The maximum absolute atomic E-state index is 10.3. The van der Waals surface area contributed by atoms with E-state index >= 15 is 0 Å². The Morgan fingerprint density at radius 2 is 2.29 bits per heavy atom. The van der Waals surface area contributed by atoms with Crippen LogP contribution in [-0.4, -0.2) is 20.1 Å². The van der Waals surface area contributed by atoms with E-state index in [2.05, 4.69) is 49.1 Å². The van der Waals surface area contributed by atoms with Gasteiger partial charge in [0.1, 0.15) is 6.10 Å². The van der Waals surface area contributed by atoms with E-state index in [0.717, 1.165) is 31.8 Å². The van der Waals surface area contributed by atoms with Crippen LogP contribution in [0.3, 0.4) is 0 Å². The van der Waals surface area contributed by atoms with Crippen LogP contribution < -0.4 is 0 Å². The summed E-state index contributed by atoms with van der Waals surface area (Å²) in [4.78, 5) is 0.864. The Morgan fingerprint density at radius 3 is 2.88 bits per heavy atom. The molecule has 0 aliphatic heterocycles. The average molecular weight is 381 g/mol. The molecule has 1 unspecified atom stereocenters. The van der Waals surface area contributed by atoms with Crippen LogP contribution in [0.5, 0.6) is 0 Å². The van der Waals surface area contributed by atoms with Gasteiger partial charge in [-0.05, 0) is 44.3 Å². The SMILES string of the molecule is CCCn1nncc1C(O)c1cc(Br)c(Br)s1. The number of aliphatic hydroxyl groups excluding tert-OH is 1. The van der Waals surface area contributed by atoms with Crippen molar-refractivity contribution in [3.05, 3.63) is 31.1 Å². The number of thiophene rings is 1. The average Bonchev–Trinajstić information content (AvgIpc) is 2.87. The first kappa shape index (κ1) is 13.2. The summed E-state index contributed by atoms with van der Waals surface area (Å²) in [5.41, 5.74) is 0.730. The van der Waals surface area contributed by atoms with Gasteiger partial charge >= 0.3 is 0 Å². The highest BCUT2D eigenvalue weighted by Gasteiger charge is 2.19. The first-order valence-corrected chi connectivity index (χ1v) is 7.55. The van der Waals surface area contributed by atoms with Crippen LogP contribution in [0.15, 0.2) is 20.5 Å². The maximum atomic E-state index is 10.3. The topological polar surface area (TPSA) is 50.9 Å². The van der Waals surface area contributed by atoms with E-state index in [0.29, 0.717) is 0 Å². The summed E-state index contributed by atoms with van der Waals surface area (Å²) in [6.07, 6.45) is 1.90. The predicted molar refractivity (Wildman–Crippen MR) is 74.1 cm³/mol. The predicted octanol–water partition coefficient (Wildman–Crippen LogP) is 3.36. The van der Waals surface area contributed by atoms with Crippen LogP contribution in [0.25, 0.3) is 0 Å². The molecule has 0 bridgehead atoms. The molecule has 2 heterocycles. The summed E-state index contributed by atoms with van der Waals surface area (Å²) >= 11 is 8.33. The fourth-order valence-electron chi connectivity index (χ4n) is 1.51. The monoisotopic (exact) mass is 379 g/mol. The van der Waals surface area contributed by atoms with Gasteiger partial charge in [-0.1, -0.05) is 12.1 Å². The van der Waals surface area contributed by atoms with Crippen molar-refractivity contribution in [2.45, 2.75) is 26.0 Å². The summed E-state index contributed by atoms with van der Waals surface area (Å²) in [5, 5.41) is 18.1. The summed E-state index contributed by atoms with van der Waals surface area (Å²) in [6.45, 7) is 2.83.